The van der Waals surface area contributed by atoms with Gasteiger partial charge in [0.15, 0.2) is 5.78 Å². The lowest BCUT2D eigenvalue weighted by molar-refractivity contribution is 0.103. The monoisotopic (exact) mass is 246 g/mol. The minimum atomic E-state index is -0.103. The van der Waals surface area contributed by atoms with Crippen molar-refractivity contribution in [1.82, 2.24) is 0 Å². The second kappa shape index (κ2) is 4.47. The highest BCUT2D eigenvalue weighted by Crippen LogP contribution is 2.21. The van der Waals surface area contributed by atoms with Crippen LogP contribution in [0, 0.1) is 0 Å². The molecule has 0 aromatic heterocycles. The van der Waals surface area contributed by atoms with Gasteiger partial charge in [0.2, 0.25) is 0 Å². The Morgan fingerprint density at radius 1 is 0.941 bits per heavy atom. The van der Waals surface area contributed by atoms with Crippen LogP contribution >= 0.6 is 11.6 Å². The van der Waals surface area contributed by atoms with Crippen LogP contribution in [0.15, 0.2) is 42.5 Å². The van der Waals surface area contributed by atoms with Crippen molar-refractivity contribution < 1.29 is 4.79 Å². The highest BCUT2D eigenvalue weighted by atomic mass is 35.5. The summed E-state index contributed by atoms with van der Waals surface area (Å²) in [5, 5.41) is 0.443. The zero-order valence-corrected chi connectivity index (χ0v) is 9.74. The van der Waals surface area contributed by atoms with E-state index >= 15 is 0 Å². The van der Waals surface area contributed by atoms with Gasteiger partial charge in [0.05, 0.1) is 10.7 Å². The van der Waals surface area contributed by atoms with E-state index in [2.05, 4.69) is 0 Å². The molecular formula is C13H11ClN2O. The van der Waals surface area contributed by atoms with Gasteiger partial charge in [0.1, 0.15) is 0 Å². The van der Waals surface area contributed by atoms with Crippen LogP contribution in [0.2, 0.25) is 5.02 Å². The fraction of sp³-hybridized carbons (Fsp3) is 0. The van der Waals surface area contributed by atoms with Crippen molar-refractivity contribution in [3.05, 3.63) is 58.6 Å². The lowest BCUT2D eigenvalue weighted by Gasteiger charge is -2.04. The van der Waals surface area contributed by atoms with Gasteiger partial charge in [-0.2, -0.15) is 0 Å². The van der Waals surface area contributed by atoms with Crippen molar-refractivity contribution in [2.24, 2.45) is 0 Å². The fourth-order valence-corrected chi connectivity index (χ4v) is 1.60. The third-order valence-electron chi connectivity index (χ3n) is 2.43. The summed E-state index contributed by atoms with van der Waals surface area (Å²) in [5.41, 5.74) is 13.3. The molecule has 0 heterocycles. The highest BCUT2D eigenvalue weighted by molar-refractivity contribution is 6.33. The van der Waals surface area contributed by atoms with Crippen molar-refractivity contribution in [1.29, 1.82) is 0 Å². The van der Waals surface area contributed by atoms with Gasteiger partial charge in [-0.25, -0.2) is 0 Å². The summed E-state index contributed by atoms with van der Waals surface area (Å²) in [6.45, 7) is 0. The van der Waals surface area contributed by atoms with Crippen LogP contribution in [0.5, 0.6) is 0 Å². The molecule has 2 rings (SSSR count). The quantitative estimate of drug-likeness (QED) is 0.632. The van der Waals surface area contributed by atoms with E-state index in [-0.39, 0.29) is 5.78 Å². The first-order valence-corrected chi connectivity index (χ1v) is 5.41. The highest BCUT2D eigenvalue weighted by Gasteiger charge is 2.10. The zero-order chi connectivity index (χ0) is 12.4. The van der Waals surface area contributed by atoms with Crippen LogP contribution in [-0.4, -0.2) is 5.78 Å². The summed E-state index contributed by atoms with van der Waals surface area (Å²) >= 11 is 5.80. The van der Waals surface area contributed by atoms with Crippen LogP contribution in [0.1, 0.15) is 15.9 Å². The van der Waals surface area contributed by atoms with Gasteiger partial charge in [-0.1, -0.05) is 11.6 Å². The van der Waals surface area contributed by atoms with E-state index < -0.39 is 0 Å². The molecular weight excluding hydrogens is 236 g/mol. The number of ketones is 1. The van der Waals surface area contributed by atoms with Crippen molar-refractivity contribution in [3.63, 3.8) is 0 Å². The molecule has 0 saturated heterocycles. The molecule has 0 bridgehead atoms. The van der Waals surface area contributed by atoms with Gasteiger partial charge in [0, 0.05) is 16.8 Å². The van der Waals surface area contributed by atoms with E-state index in [1.54, 1.807) is 42.5 Å². The van der Waals surface area contributed by atoms with E-state index in [9.17, 15) is 4.79 Å². The minimum Gasteiger partial charge on any atom is -0.399 e. The Morgan fingerprint density at radius 2 is 1.53 bits per heavy atom. The zero-order valence-electron chi connectivity index (χ0n) is 8.98. The van der Waals surface area contributed by atoms with Crippen LogP contribution in [0.25, 0.3) is 0 Å². The molecule has 2 aromatic carbocycles. The average Bonchev–Trinajstić information content (AvgIpc) is 2.33. The predicted molar refractivity (Wildman–Crippen MR) is 70.2 cm³/mol. The summed E-state index contributed by atoms with van der Waals surface area (Å²) in [6, 6.07) is 11.6. The number of nitrogens with two attached hydrogens (primary N) is 2. The molecule has 17 heavy (non-hydrogen) atoms. The van der Waals surface area contributed by atoms with Crippen molar-refractivity contribution in [2.45, 2.75) is 0 Å². The molecule has 0 atom stereocenters. The lowest BCUT2D eigenvalue weighted by atomic mass is 10.0. The Hall–Kier alpha value is -2.00. The standard InChI is InChI=1S/C13H11ClN2O/c14-11-6-3-9(7-12(11)16)13(17)8-1-4-10(15)5-2-8/h1-7H,15-16H2. The molecule has 3 nitrogen and oxygen atoms in total. The number of hydrogen-bond donors (Lipinski definition) is 2. The summed E-state index contributed by atoms with van der Waals surface area (Å²) in [4.78, 5) is 12.1. The Labute approximate surface area is 104 Å². The minimum absolute atomic E-state index is 0.103. The smallest absolute Gasteiger partial charge is 0.193 e. The molecule has 0 amide bonds. The topological polar surface area (TPSA) is 69.1 Å². The molecule has 4 heteroatoms. The van der Waals surface area contributed by atoms with Gasteiger partial charge in [-0.15, -0.1) is 0 Å². The summed E-state index contributed by atoms with van der Waals surface area (Å²) in [5.74, 6) is -0.103. The second-order valence-corrected chi connectivity index (χ2v) is 4.09. The number of carbonyl (C=O) groups is 1. The summed E-state index contributed by atoms with van der Waals surface area (Å²) in [6.07, 6.45) is 0. The molecule has 0 spiro atoms. The van der Waals surface area contributed by atoms with Crippen LogP contribution in [0.3, 0.4) is 0 Å². The van der Waals surface area contributed by atoms with E-state index in [0.29, 0.717) is 27.5 Å². The van der Waals surface area contributed by atoms with Gasteiger partial charge in [-0.05, 0) is 42.5 Å². The maximum absolute atomic E-state index is 12.1. The third kappa shape index (κ3) is 2.40. The van der Waals surface area contributed by atoms with E-state index in [1.807, 2.05) is 0 Å². The SMILES string of the molecule is Nc1ccc(C(=O)c2ccc(Cl)c(N)c2)cc1. The summed E-state index contributed by atoms with van der Waals surface area (Å²) in [7, 11) is 0. The van der Waals surface area contributed by atoms with Gasteiger partial charge in [0.25, 0.3) is 0 Å². The molecule has 0 aliphatic carbocycles. The Kier molecular flexibility index (Phi) is 3.02. The van der Waals surface area contributed by atoms with Crippen molar-refractivity contribution >= 4 is 28.8 Å². The fourth-order valence-electron chi connectivity index (χ4n) is 1.49. The first-order chi connectivity index (χ1) is 8.08. The van der Waals surface area contributed by atoms with E-state index in [1.165, 1.54) is 0 Å². The Bertz CT molecular complexity index is 564. The molecule has 86 valence electrons. The average molecular weight is 247 g/mol. The van der Waals surface area contributed by atoms with E-state index in [0.717, 1.165) is 0 Å². The Morgan fingerprint density at radius 3 is 2.12 bits per heavy atom. The lowest BCUT2D eigenvalue weighted by Crippen LogP contribution is -2.02. The molecule has 0 radical (unpaired) electrons. The normalized spacial score (nSPS) is 10.2. The molecule has 0 fully saturated rings. The predicted octanol–water partition coefficient (Wildman–Crippen LogP) is 2.74. The van der Waals surface area contributed by atoms with Crippen LogP contribution in [0.4, 0.5) is 11.4 Å². The number of carbonyl (C=O) groups excluding carboxylic acids is 1. The second-order valence-electron chi connectivity index (χ2n) is 3.69. The molecule has 0 saturated carbocycles. The maximum atomic E-state index is 12.1. The number of hydrogen-bond acceptors (Lipinski definition) is 3. The van der Waals surface area contributed by atoms with Crippen molar-refractivity contribution in [2.75, 3.05) is 11.5 Å². The van der Waals surface area contributed by atoms with Crippen molar-refractivity contribution in [3.8, 4) is 0 Å². The largest absolute Gasteiger partial charge is 0.399 e. The molecule has 0 aliphatic rings. The Balaban J connectivity index is 2.37. The van der Waals surface area contributed by atoms with Gasteiger partial charge in [-0.3, -0.25) is 4.79 Å². The molecule has 0 unspecified atom stereocenters. The number of benzene rings is 2. The molecule has 4 N–H and O–H groups in total. The molecule has 2 aromatic rings. The maximum Gasteiger partial charge on any atom is 0.193 e. The first kappa shape index (κ1) is 11.5. The van der Waals surface area contributed by atoms with Crippen LogP contribution in [-0.2, 0) is 0 Å². The van der Waals surface area contributed by atoms with E-state index in [4.69, 9.17) is 23.1 Å². The van der Waals surface area contributed by atoms with Crippen LogP contribution < -0.4 is 11.5 Å². The number of anilines is 2. The third-order valence-corrected chi connectivity index (χ3v) is 2.78. The number of halogens is 1. The van der Waals surface area contributed by atoms with Gasteiger partial charge < -0.3 is 11.5 Å². The number of nitrogen functional groups attached to an aromatic ring is 2. The van der Waals surface area contributed by atoms with Gasteiger partial charge >= 0.3 is 0 Å². The molecule has 0 aliphatic heterocycles. The number of rotatable bonds is 2. The summed E-state index contributed by atoms with van der Waals surface area (Å²) < 4.78 is 0. The first-order valence-electron chi connectivity index (χ1n) is 5.03.